The van der Waals surface area contributed by atoms with Crippen molar-refractivity contribution < 1.29 is 9.18 Å². The molecule has 1 aliphatic heterocycles. The molecule has 1 aromatic carbocycles. The van der Waals surface area contributed by atoms with Crippen molar-refractivity contribution in [3.63, 3.8) is 0 Å². The number of benzene rings is 1. The van der Waals surface area contributed by atoms with Crippen molar-refractivity contribution in [3.8, 4) is 16.9 Å². The van der Waals surface area contributed by atoms with Gasteiger partial charge in [-0.25, -0.2) is 14.1 Å². The van der Waals surface area contributed by atoms with E-state index < -0.39 is 5.82 Å². The first-order valence-corrected chi connectivity index (χ1v) is 11.9. The van der Waals surface area contributed by atoms with Gasteiger partial charge >= 0.3 is 0 Å². The number of carbonyl (C=O) groups excluding carboxylic acids is 1. The van der Waals surface area contributed by atoms with Crippen LogP contribution in [-0.4, -0.2) is 44.2 Å². The fourth-order valence-electron chi connectivity index (χ4n) is 4.79. The van der Waals surface area contributed by atoms with E-state index in [0.717, 1.165) is 66.9 Å². The zero-order valence-corrected chi connectivity index (χ0v) is 19.1. The second kappa shape index (κ2) is 8.36. The highest BCUT2D eigenvalue weighted by molar-refractivity contribution is 5.96. The third-order valence-electron chi connectivity index (χ3n) is 6.92. The molecule has 0 atom stereocenters. The van der Waals surface area contributed by atoms with Gasteiger partial charge in [-0.1, -0.05) is 6.07 Å². The predicted molar refractivity (Wildman–Crippen MR) is 128 cm³/mol. The van der Waals surface area contributed by atoms with Gasteiger partial charge in [0.25, 0.3) is 5.91 Å². The molecule has 0 radical (unpaired) electrons. The van der Waals surface area contributed by atoms with Crippen molar-refractivity contribution in [2.24, 2.45) is 0 Å². The number of nitrogens with zero attached hydrogens (tertiary/aromatic N) is 4. The van der Waals surface area contributed by atoms with Crippen LogP contribution in [0.2, 0.25) is 0 Å². The van der Waals surface area contributed by atoms with E-state index in [0.29, 0.717) is 5.92 Å². The molecule has 6 rings (SSSR count). The smallest absolute Gasteiger partial charge is 0.254 e. The highest BCUT2D eigenvalue weighted by atomic mass is 19.1. The van der Waals surface area contributed by atoms with Crippen molar-refractivity contribution in [1.29, 1.82) is 0 Å². The quantitative estimate of drug-likeness (QED) is 0.474. The monoisotopic (exact) mass is 458 g/mol. The van der Waals surface area contributed by atoms with Gasteiger partial charge in [-0.3, -0.25) is 9.20 Å². The first-order chi connectivity index (χ1) is 16.6. The van der Waals surface area contributed by atoms with Crippen molar-refractivity contribution in [1.82, 2.24) is 29.8 Å². The van der Waals surface area contributed by atoms with Crippen molar-refractivity contribution in [3.05, 3.63) is 71.6 Å². The van der Waals surface area contributed by atoms with Gasteiger partial charge in [0.2, 0.25) is 0 Å². The van der Waals surface area contributed by atoms with Crippen LogP contribution in [-0.2, 0) is 0 Å². The summed E-state index contributed by atoms with van der Waals surface area (Å²) in [7, 11) is 0. The van der Waals surface area contributed by atoms with Crippen LogP contribution >= 0.6 is 0 Å². The van der Waals surface area contributed by atoms with Gasteiger partial charge in [0, 0.05) is 24.0 Å². The number of hydrogen-bond donors (Lipinski definition) is 2. The Kier molecular flexibility index (Phi) is 5.17. The van der Waals surface area contributed by atoms with Crippen LogP contribution in [0.4, 0.5) is 4.39 Å². The largest absolute Gasteiger partial charge is 0.349 e. The molecule has 7 nitrogen and oxygen atoms in total. The first-order valence-electron chi connectivity index (χ1n) is 11.9. The molecule has 4 aromatic rings. The number of halogens is 1. The van der Waals surface area contributed by atoms with Gasteiger partial charge in [0.15, 0.2) is 5.82 Å². The Labute approximate surface area is 197 Å². The van der Waals surface area contributed by atoms with Gasteiger partial charge in [-0.2, -0.15) is 5.10 Å². The van der Waals surface area contributed by atoms with E-state index in [2.05, 4.69) is 43.4 Å². The van der Waals surface area contributed by atoms with E-state index in [1.807, 2.05) is 19.3 Å². The molecular formula is C26H27FN6O. The summed E-state index contributed by atoms with van der Waals surface area (Å²) in [6, 6.07) is 7.46. The summed E-state index contributed by atoms with van der Waals surface area (Å²) < 4.78 is 18.4. The summed E-state index contributed by atoms with van der Waals surface area (Å²) >= 11 is 0. The SMILES string of the molecule is Cc1cc(F)c(C(=O)NC2CC2)cc1-c1cnn(-c2cnc3ccc(C4CCNCC4)cn23)c1. The Bertz CT molecular complexity index is 1380. The van der Waals surface area contributed by atoms with Crippen LogP contribution in [0.3, 0.4) is 0 Å². The van der Waals surface area contributed by atoms with E-state index in [9.17, 15) is 9.18 Å². The second-order valence-electron chi connectivity index (χ2n) is 9.40. The number of pyridine rings is 1. The molecule has 1 amide bonds. The summed E-state index contributed by atoms with van der Waals surface area (Å²) in [5.41, 5.74) is 4.61. The normalized spacial score (nSPS) is 16.8. The van der Waals surface area contributed by atoms with Gasteiger partial charge < -0.3 is 10.6 Å². The molecular weight excluding hydrogens is 431 g/mol. The number of nitrogens with one attached hydrogen (secondary N) is 2. The molecule has 34 heavy (non-hydrogen) atoms. The minimum absolute atomic E-state index is 0.0710. The Morgan fingerprint density at radius 2 is 1.94 bits per heavy atom. The molecule has 8 heteroatoms. The van der Waals surface area contributed by atoms with Crippen LogP contribution in [0.25, 0.3) is 22.6 Å². The number of amides is 1. The highest BCUT2D eigenvalue weighted by Crippen LogP contribution is 2.29. The van der Waals surface area contributed by atoms with E-state index >= 15 is 0 Å². The average Bonchev–Trinajstić information content (AvgIpc) is 3.36. The molecule has 0 bridgehead atoms. The maximum atomic E-state index is 14.6. The lowest BCUT2D eigenvalue weighted by Crippen LogP contribution is -2.26. The molecule has 3 aromatic heterocycles. The third kappa shape index (κ3) is 3.88. The van der Waals surface area contributed by atoms with E-state index in [1.165, 1.54) is 11.6 Å². The lowest BCUT2D eigenvalue weighted by molar-refractivity contribution is 0.0947. The molecule has 1 saturated carbocycles. The number of rotatable bonds is 5. The van der Waals surface area contributed by atoms with Crippen LogP contribution in [0.15, 0.2) is 49.1 Å². The van der Waals surface area contributed by atoms with E-state index in [1.54, 1.807) is 16.9 Å². The molecule has 4 heterocycles. The van der Waals surface area contributed by atoms with Crippen molar-refractivity contribution >= 4 is 11.6 Å². The number of fused-ring (bicyclic) bond motifs is 1. The minimum atomic E-state index is -0.501. The number of imidazole rings is 1. The van der Waals surface area contributed by atoms with E-state index in [-0.39, 0.29) is 17.5 Å². The molecule has 0 unspecified atom stereocenters. The zero-order valence-electron chi connectivity index (χ0n) is 19.1. The molecule has 2 aliphatic rings. The molecule has 0 spiro atoms. The van der Waals surface area contributed by atoms with Gasteiger partial charge in [-0.15, -0.1) is 0 Å². The Balaban J connectivity index is 1.34. The standard InChI is InChI=1S/C26H27FN6O/c1-16-10-23(27)22(26(34)31-20-3-4-20)11-21(16)19-12-30-33(15-19)25-13-29-24-5-2-18(14-32(24)25)17-6-8-28-9-7-17/h2,5,10-15,17,20,28H,3-4,6-9H2,1H3,(H,31,34). The summed E-state index contributed by atoms with van der Waals surface area (Å²) in [6.07, 6.45) is 11.8. The van der Waals surface area contributed by atoms with Crippen LogP contribution in [0, 0.1) is 12.7 Å². The number of hydrogen-bond acceptors (Lipinski definition) is 4. The number of aryl methyl sites for hydroxylation is 1. The van der Waals surface area contributed by atoms with Crippen molar-refractivity contribution in [2.75, 3.05) is 13.1 Å². The molecule has 2 fully saturated rings. The fourth-order valence-corrected chi connectivity index (χ4v) is 4.79. The number of carbonyl (C=O) groups is 1. The van der Waals surface area contributed by atoms with Gasteiger partial charge in [0.05, 0.1) is 18.0 Å². The number of aromatic nitrogens is 4. The average molecular weight is 459 g/mol. The van der Waals surface area contributed by atoms with Crippen molar-refractivity contribution in [2.45, 2.75) is 44.6 Å². The molecule has 174 valence electrons. The summed E-state index contributed by atoms with van der Waals surface area (Å²) in [5.74, 6) is 0.513. The highest BCUT2D eigenvalue weighted by Gasteiger charge is 2.26. The summed E-state index contributed by atoms with van der Waals surface area (Å²) in [4.78, 5) is 17.1. The van der Waals surface area contributed by atoms with Gasteiger partial charge in [0.1, 0.15) is 11.5 Å². The molecule has 1 aliphatic carbocycles. The van der Waals surface area contributed by atoms with Crippen LogP contribution in [0.1, 0.15) is 53.1 Å². The van der Waals surface area contributed by atoms with E-state index in [4.69, 9.17) is 0 Å². The maximum Gasteiger partial charge on any atom is 0.254 e. The lowest BCUT2D eigenvalue weighted by atomic mass is 9.91. The topological polar surface area (TPSA) is 76.2 Å². The zero-order chi connectivity index (χ0) is 23.2. The Morgan fingerprint density at radius 1 is 1.12 bits per heavy atom. The Morgan fingerprint density at radius 3 is 2.74 bits per heavy atom. The summed E-state index contributed by atoms with van der Waals surface area (Å²) in [6.45, 7) is 3.93. The molecule has 2 N–H and O–H groups in total. The van der Waals surface area contributed by atoms with Gasteiger partial charge in [-0.05, 0) is 86.5 Å². The number of piperidine rings is 1. The summed E-state index contributed by atoms with van der Waals surface area (Å²) in [5, 5.41) is 10.9. The van der Waals surface area contributed by atoms with Crippen LogP contribution in [0.5, 0.6) is 0 Å². The maximum absolute atomic E-state index is 14.6. The Hall–Kier alpha value is -3.52. The lowest BCUT2D eigenvalue weighted by Gasteiger charge is -2.23. The predicted octanol–water partition coefficient (Wildman–Crippen LogP) is 3.99. The molecule has 1 saturated heterocycles. The first kappa shape index (κ1) is 21.0. The third-order valence-corrected chi connectivity index (χ3v) is 6.92. The minimum Gasteiger partial charge on any atom is -0.349 e. The fraction of sp³-hybridized carbons (Fsp3) is 0.346. The van der Waals surface area contributed by atoms with Crippen LogP contribution < -0.4 is 10.6 Å². The second-order valence-corrected chi connectivity index (χ2v) is 9.40.